The predicted octanol–water partition coefficient (Wildman–Crippen LogP) is 6.92. The zero-order valence-corrected chi connectivity index (χ0v) is 21.4. The van der Waals surface area contributed by atoms with Crippen molar-refractivity contribution in [1.82, 2.24) is 0 Å². The van der Waals surface area contributed by atoms with Crippen LogP contribution in [0.1, 0.15) is 36.1 Å². The molecule has 3 atom stereocenters. The minimum absolute atomic E-state index is 0.0590. The van der Waals surface area contributed by atoms with E-state index in [4.69, 9.17) is 0 Å². The summed E-state index contributed by atoms with van der Waals surface area (Å²) < 4.78 is 26.9. The van der Waals surface area contributed by atoms with Crippen LogP contribution in [0.3, 0.4) is 0 Å². The van der Waals surface area contributed by atoms with Gasteiger partial charge in [0.1, 0.15) is 11.6 Å². The van der Waals surface area contributed by atoms with Crippen LogP contribution in [-0.2, 0) is 4.79 Å². The average Bonchev–Trinajstić information content (AvgIpc) is 2.93. The van der Waals surface area contributed by atoms with Gasteiger partial charge in [-0.3, -0.25) is 4.79 Å². The Morgan fingerprint density at radius 1 is 0.789 bits per heavy atom. The summed E-state index contributed by atoms with van der Waals surface area (Å²) in [5, 5.41) is 10.7. The molecule has 5 rings (SSSR count). The maximum atomic E-state index is 13.6. The van der Waals surface area contributed by atoms with E-state index in [9.17, 15) is 18.7 Å². The number of carbonyl (C=O) groups excluding carboxylic acids is 1. The number of aliphatic hydroxyl groups is 1. The smallest absolute Gasteiger partial charge is 0.233 e. The first-order valence-electron chi connectivity index (χ1n) is 12.7. The van der Waals surface area contributed by atoms with Gasteiger partial charge in [-0.1, -0.05) is 48.5 Å². The van der Waals surface area contributed by atoms with Gasteiger partial charge in [0.15, 0.2) is 0 Å². The minimum Gasteiger partial charge on any atom is -0.388 e. The summed E-state index contributed by atoms with van der Waals surface area (Å²) >= 11 is 0. The monoisotopic (exact) mass is 512 g/mol. The Hall–Kier alpha value is -4.03. The van der Waals surface area contributed by atoms with E-state index in [2.05, 4.69) is 41.3 Å². The lowest BCUT2D eigenvalue weighted by molar-refractivity contribution is -0.131. The second-order valence-corrected chi connectivity index (χ2v) is 9.94. The van der Waals surface area contributed by atoms with E-state index in [1.54, 1.807) is 29.2 Å². The fourth-order valence-corrected chi connectivity index (χ4v) is 5.11. The van der Waals surface area contributed by atoms with E-state index in [0.29, 0.717) is 24.1 Å². The number of hydrogen-bond donors (Lipinski definition) is 1. The molecule has 1 fully saturated rings. The number of halogens is 2. The molecule has 6 heteroatoms. The van der Waals surface area contributed by atoms with E-state index >= 15 is 0 Å². The van der Waals surface area contributed by atoms with Crippen molar-refractivity contribution in [3.05, 3.63) is 120 Å². The van der Waals surface area contributed by atoms with Crippen LogP contribution in [0.5, 0.6) is 0 Å². The van der Waals surface area contributed by atoms with Gasteiger partial charge >= 0.3 is 0 Å². The molecule has 0 bridgehead atoms. The molecule has 0 spiro atoms. The van der Waals surface area contributed by atoms with E-state index < -0.39 is 6.10 Å². The molecule has 1 amide bonds. The number of aliphatic hydroxyl groups excluding tert-OH is 1. The van der Waals surface area contributed by atoms with Gasteiger partial charge in [0.25, 0.3) is 0 Å². The molecule has 0 aliphatic carbocycles. The van der Waals surface area contributed by atoms with Crippen LogP contribution in [-0.4, -0.2) is 25.1 Å². The standard InChI is InChI=1S/C32H30F2N2O2/c1-35(2)27-15-9-22(10-16-27)21-3-5-24(6-4-21)31-29(19-20-30(37)23-7-11-25(33)12-8-23)32(38)36(31)28-17-13-26(34)14-18-28/h3-18,29-31,37H,19-20H2,1-2H3/t29-,30+,31-/m1/s1. The van der Waals surface area contributed by atoms with Crippen molar-refractivity contribution in [1.29, 1.82) is 0 Å². The second-order valence-electron chi connectivity index (χ2n) is 9.94. The van der Waals surface area contributed by atoms with Gasteiger partial charge < -0.3 is 14.9 Å². The maximum Gasteiger partial charge on any atom is 0.233 e. The number of hydrogen-bond acceptors (Lipinski definition) is 3. The highest BCUT2D eigenvalue weighted by Crippen LogP contribution is 2.46. The molecular weight excluding hydrogens is 482 g/mol. The molecule has 0 aromatic heterocycles. The van der Waals surface area contributed by atoms with Crippen molar-refractivity contribution in [3.8, 4) is 11.1 Å². The quantitative estimate of drug-likeness (QED) is 0.261. The molecule has 1 N–H and O–H groups in total. The predicted molar refractivity (Wildman–Crippen MR) is 147 cm³/mol. The number of benzene rings is 4. The SMILES string of the molecule is CN(C)c1ccc(-c2ccc([C@@H]3[C@@H](CC[C@H](O)c4ccc(F)cc4)C(=O)N3c3ccc(F)cc3)cc2)cc1. The number of rotatable bonds is 8. The Labute approximate surface area is 221 Å². The van der Waals surface area contributed by atoms with Crippen LogP contribution in [0, 0.1) is 17.6 Å². The highest BCUT2D eigenvalue weighted by atomic mass is 19.1. The summed E-state index contributed by atoms with van der Waals surface area (Å²) in [5.41, 5.74) is 5.53. The van der Waals surface area contributed by atoms with Gasteiger partial charge in [-0.15, -0.1) is 0 Å². The lowest BCUT2D eigenvalue weighted by atomic mass is 9.78. The summed E-state index contributed by atoms with van der Waals surface area (Å²) in [6.45, 7) is 0. The van der Waals surface area contributed by atoms with E-state index in [-0.39, 0.29) is 29.5 Å². The van der Waals surface area contributed by atoms with Gasteiger partial charge in [0.2, 0.25) is 5.91 Å². The van der Waals surface area contributed by atoms with Gasteiger partial charge in [0, 0.05) is 25.5 Å². The van der Waals surface area contributed by atoms with E-state index in [0.717, 1.165) is 22.4 Å². The second kappa shape index (κ2) is 10.8. The fourth-order valence-electron chi connectivity index (χ4n) is 5.11. The molecule has 1 saturated heterocycles. The third-order valence-electron chi connectivity index (χ3n) is 7.29. The van der Waals surface area contributed by atoms with E-state index in [1.807, 2.05) is 26.2 Å². The highest BCUT2D eigenvalue weighted by molar-refractivity contribution is 6.03. The number of nitrogens with zero attached hydrogens (tertiary/aromatic N) is 2. The summed E-state index contributed by atoms with van der Waals surface area (Å²) in [5.74, 6) is -1.11. The molecule has 1 heterocycles. The third-order valence-corrected chi connectivity index (χ3v) is 7.29. The summed E-state index contributed by atoms with van der Waals surface area (Å²) in [6, 6.07) is 28.0. The number of carbonyl (C=O) groups is 1. The number of β-lactam (4-membered cyclic amide) rings is 1. The van der Waals surface area contributed by atoms with Crippen molar-refractivity contribution in [3.63, 3.8) is 0 Å². The Morgan fingerprint density at radius 3 is 1.87 bits per heavy atom. The van der Waals surface area contributed by atoms with Crippen molar-refractivity contribution >= 4 is 17.3 Å². The molecule has 4 aromatic rings. The van der Waals surface area contributed by atoms with Gasteiger partial charge in [-0.25, -0.2) is 8.78 Å². The molecule has 0 saturated carbocycles. The molecule has 38 heavy (non-hydrogen) atoms. The lowest BCUT2D eigenvalue weighted by Crippen LogP contribution is -2.55. The minimum atomic E-state index is -0.795. The van der Waals surface area contributed by atoms with Crippen molar-refractivity contribution in [2.75, 3.05) is 23.9 Å². The van der Waals surface area contributed by atoms with Gasteiger partial charge in [0.05, 0.1) is 18.1 Å². The highest BCUT2D eigenvalue weighted by Gasteiger charge is 2.48. The van der Waals surface area contributed by atoms with Crippen LogP contribution in [0.4, 0.5) is 20.2 Å². The first-order chi connectivity index (χ1) is 18.3. The van der Waals surface area contributed by atoms with Gasteiger partial charge in [-0.05, 0) is 83.6 Å². The maximum absolute atomic E-state index is 13.6. The fraction of sp³-hybridized carbons (Fsp3) is 0.219. The largest absolute Gasteiger partial charge is 0.388 e. The van der Waals surface area contributed by atoms with E-state index in [1.165, 1.54) is 24.3 Å². The molecule has 1 aliphatic rings. The van der Waals surface area contributed by atoms with Crippen molar-refractivity contribution in [2.24, 2.45) is 5.92 Å². The summed E-state index contributed by atoms with van der Waals surface area (Å²) in [7, 11) is 4.01. The lowest BCUT2D eigenvalue weighted by Gasteiger charge is -2.48. The zero-order chi connectivity index (χ0) is 26.8. The number of anilines is 2. The van der Waals surface area contributed by atoms with Crippen LogP contribution in [0.2, 0.25) is 0 Å². The molecule has 4 nitrogen and oxygen atoms in total. The van der Waals surface area contributed by atoms with Crippen molar-refractivity contribution in [2.45, 2.75) is 25.0 Å². The van der Waals surface area contributed by atoms with Crippen LogP contribution >= 0.6 is 0 Å². The molecule has 0 unspecified atom stereocenters. The van der Waals surface area contributed by atoms with Gasteiger partial charge in [-0.2, -0.15) is 0 Å². The Kier molecular flexibility index (Phi) is 7.25. The molecule has 0 radical (unpaired) electrons. The zero-order valence-electron chi connectivity index (χ0n) is 21.4. The van der Waals surface area contributed by atoms with Crippen LogP contribution in [0.25, 0.3) is 11.1 Å². The van der Waals surface area contributed by atoms with Crippen LogP contribution in [0.15, 0.2) is 97.1 Å². The Morgan fingerprint density at radius 2 is 1.32 bits per heavy atom. The normalized spacial score (nSPS) is 17.7. The molecule has 194 valence electrons. The first kappa shape index (κ1) is 25.6. The summed E-state index contributed by atoms with van der Waals surface area (Å²) in [6.07, 6.45) is 0.0380. The summed E-state index contributed by atoms with van der Waals surface area (Å²) in [4.78, 5) is 17.1. The molecule has 1 aliphatic heterocycles. The topological polar surface area (TPSA) is 43.8 Å². The number of amides is 1. The average molecular weight is 513 g/mol. The molecule has 4 aromatic carbocycles. The van der Waals surface area contributed by atoms with Crippen LogP contribution < -0.4 is 9.80 Å². The Bertz CT molecular complexity index is 1390. The van der Waals surface area contributed by atoms with Crippen molar-refractivity contribution < 1.29 is 18.7 Å². The third kappa shape index (κ3) is 5.18. The molecular formula is C32H30F2N2O2. The first-order valence-corrected chi connectivity index (χ1v) is 12.7. The Balaban J connectivity index is 1.38.